The number of hydrogen-bond donors (Lipinski definition) is 0. The van der Waals surface area contributed by atoms with E-state index in [2.05, 4.69) is 12.1 Å². The molecule has 0 bridgehead atoms. The first-order valence-corrected chi connectivity index (χ1v) is 12.7. The monoisotopic (exact) mass is 414 g/mol. The third kappa shape index (κ3) is 6.60. The molecular weight excluding hydrogens is 380 g/mol. The summed E-state index contributed by atoms with van der Waals surface area (Å²) in [5.74, 6) is 3.19. The van der Waals surface area contributed by atoms with Crippen molar-refractivity contribution >= 4 is 9.84 Å². The molecule has 0 N–H and O–H groups in total. The van der Waals surface area contributed by atoms with Crippen LogP contribution in [0.1, 0.15) is 57.9 Å². The molecule has 1 saturated carbocycles. The van der Waals surface area contributed by atoms with Crippen molar-refractivity contribution in [2.45, 2.75) is 64.0 Å². The highest BCUT2D eigenvalue weighted by atomic mass is 32.2. The summed E-state index contributed by atoms with van der Waals surface area (Å²) in [5.41, 5.74) is 1.34. The molecule has 29 heavy (non-hydrogen) atoms. The van der Waals surface area contributed by atoms with Gasteiger partial charge in [0.25, 0.3) is 0 Å². The van der Waals surface area contributed by atoms with E-state index in [1.54, 1.807) is 0 Å². The van der Waals surface area contributed by atoms with Crippen LogP contribution in [-0.2, 0) is 16.3 Å². The van der Waals surface area contributed by atoms with Gasteiger partial charge in [-0.2, -0.15) is 0 Å². The number of hydrogen-bond acceptors (Lipinski definition) is 3. The molecule has 0 amide bonds. The standard InChI is InChI=1S/C25H34O3S/c1-3-20(2)29(26,27)19-23-13-11-21(12-14-23)9-10-22-15-17-25(18-16-22)28-24-7-5-4-6-8-24/h4-8,15-18,20-21,23H,3,9-14,19H2,1-2H3. The van der Waals surface area contributed by atoms with Gasteiger partial charge in [0, 0.05) is 0 Å². The van der Waals surface area contributed by atoms with Crippen LogP contribution >= 0.6 is 0 Å². The van der Waals surface area contributed by atoms with E-state index in [4.69, 9.17) is 4.74 Å². The molecule has 2 aromatic carbocycles. The lowest BCUT2D eigenvalue weighted by Gasteiger charge is -2.29. The zero-order valence-electron chi connectivity index (χ0n) is 17.7. The largest absolute Gasteiger partial charge is 0.457 e. The molecule has 158 valence electrons. The van der Waals surface area contributed by atoms with Crippen molar-refractivity contribution < 1.29 is 13.2 Å². The highest BCUT2D eigenvalue weighted by Crippen LogP contribution is 2.33. The van der Waals surface area contributed by atoms with Crippen molar-refractivity contribution in [3.05, 3.63) is 60.2 Å². The number of benzene rings is 2. The summed E-state index contributed by atoms with van der Waals surface area (Å²) >= 11 is 0. The Hall–Kier alpha value is -1.81. The maximum absolute atomic E-state index is 12.4. The van der Waals surface area contributed by atoms with Crippen LogP contribution in [0.15, 0.2) is 54.6 Å². The first-order valence-electron chi connectivity index (χ1n) is 11.0. The molecule has 0 saturated heterocycles. The van der Waals surface area contributed by atoms with Crippen LogP contribution < -0.4 is 4.74 Å². The van der Waals surface area contributed by atoms with Crippen LogP contribution in [-0.4, -0.2) is 19.4 Å². The maximum atomic E-state index is 12.4. The van der Waals surface area contributed by atoms with Gasteiger partial charge in [0.1, 0.15) is 11.5 Å². The van der Waals surface area contributed by atoms with Crippen molar-refractivity contribution in [3.63, 3.8) is 0 Å². The van der Waals surface area contributed by atoms with Gasteiger partial charge in [-0.25, -0.2) is 8.42 Å². The van der Waals surface area contributed by atoms with Crippen LogP contribution in [0.3, 0.4) is 0 Å². The number of sulfone groups is 1. The minimum atomic E-state index is -2.92. The summed E-state index contributed by atoms with van der Waals surface area (Å²) in [6.45, 7) is 3.80. The van der Waals surface area contributed by atoms with Crippen molar-refractivity contribution in [2.75, 3.05) is 5.75 Å². The van der Waals surface area contributed by atoms with E-state index in [9.17, 15) is 8.42 Å². The van der Waals surface area contributed by atoms with Crippen LogP contribution in [0.2, 0.25) is 0 Å². The van der Waals surface area contributed by atoms with Gasteiger partial charge in [0.15, 0.2) is 9.84 Å². The van der Waals surface area contributed by atoms with Crippen LogP contribution in [0, 0.1) is 11.8 Å². The van der Waals surface area contributed by atoms with Gasteiger partial charge in [-0.05, 0) is 80.7 Å². The number of aryl methyl sites for hydroxylation is 1. The van der Waals surface area contributed by atoms with Gasteiger partial charge in [0.05, 0.1) is 11.0 Å². The van der Waals surface area contributed by atoms with Crippen molar-refractivity contribution in [3.8, 4) is 11.5 Å². The highest BCUT2D eigenvalue weighted by Gasteiger charge is 2.28. The van der Waals surface area contributed by atoms with Gasteiger partial charge < -0.3 is 4.74 Å². The zero-order chi connectivity index (χ0) is 20.7. The predicted octanol–water partition coefficient (Wildman–Crippen LogP) is 6.43. The first kappa shape index (κ1) is 21.9. The Labute approximate surface area is 176 Å². The summed E-state index contributed by atoms with van der Waals surface area (Å²) in [5, 5.41) is -0.200. The van der Waals surface area contributed by atoms with Gasteiger partial charge in [-0.3, -0.25) is 0 Å². The SMILES string of the molecule is CCC(C)S(=O)(=O)CC1CCC(CCc2ccc(Oc3ccccc3)cc2)CC1. The van der Waals surface area contributed by atoms with E-state index in [-0.39, 0.29) is 5.25 Å². The Morgan fingerprint density at radius 1 is 0.897 bits per heavy atom. The summed E-state index contributed by atoms with van der Waals surface area (Å²) in [7, 11) is -2.92. The second kappa shape index (κ2) is 10.3. The normalized spacial score (nSPS) is 20.9. The third-order valence-corrected chi connectivity index (χ3v) is 8.86. The van der Waals surface area contributed by atoms with Gasteiger partial charge >= 0.3 is 0 Å². The van der Waals surface area contributed by atoms with Gasteiger partial charge in [-0.15, -0.1) is 0 Å². The number of ether oxygens (including phenoxy) is 1. The zero-order valence-corrected chi connectivity index (χ0v) is 18.5. The average molecular weight is 415 g/mol. The highest BCUT2D eigenvalue weighted by molar-refractivity contribution is 7.92. The summed E-state index contributed by atoms with van der Waals surface area (Å²) in [6, 6.07) is 18.2. The molecule has 1 aliphatic carbocycles. The van der Waals surface area contributed by atoms with E-state index in [1.165, 1.54) is 12.0 Å². The fourth-order valence-corrected chi connectivity index (χ4v) is 5.98. The molecule has 4 heteroatoms. The first-order chi connectivity index (χ1) is 14.0. The molecule has 1 aliphatic rings. The lowest BCUT2D eigenvalue weighted by Crippen LogP contribution is -2.27. The van der Waals surface area contributed by atoms with E-state index in [0.29, 0.717) is 18.1 Å². The smallest absolute Gasteiger partial charge is 0.153 e. The van der Waals surface area contributed by atoms with Gasteiger partial charge in [-0.1, -0.05) is 50.1 Å². The van der Waals surface area contributed by atoms with Crippen molar-refractivity contribution in [1.82, 2.24) is 0 Å². The minimum Gasteiger partial charge on any atom is -0.457 e. The Morgan fingerprint density at radius 3 is 2.10 bits per heavy atom. The summed E-state index contributed by atoms with van der Waals surface area (Å²) < 4.78 is 30.6. The van der Waals surface area contributed by atoms with E-state index >= 15 is 0 Å². The van der Waals surface area contributed by atoms with Crippen molar-refractivity contribution in [2.24, 2.45) is 11.8 Å². The van der Waals surface area contributed by atoms with Crippen LogP contribution in [0.5, 0.6) is 11.5 Å². The Kier molecular flexibility index (Phi) is 7.77. The molecule has 0 radical (unpaired) electrons. The molecule has 0 spiro atoms. The van der Waals surface area contributed by atoms with E-state index < -0.39 is 9.84 Å². The lowest BCUT2D eigenvalue weighted by atomic mass is 9.80. The molecule has 0 aliphatic heterocycles. The fourth-order valence-electron chi connectivity index (χ4n) is 4.15. The topological polar surface area (TPSA) is 43.4 Å². The van der Waals surface area contributed by atoms with E-state index in [0.717, 1.165) is 49.5 Å². The molecule has 2 aromatic rings. The Bertz CT molecular complexity index is 835. The van der Waals surface area contributed by atoms with Crippen molar-refractivity contribution in [1.29, 1.82) is 0 Å². The molecule has 0 heterocycles. The van der Waals surface area contributed by atoms with E-state index in [1.807, 2.05) is 56.3 Å². The molecular formula is C25H34O3S. The molecule has 3 nitrogen and oxygen atoms in total. The summed E-state index contributed by atoms with van der Waals surface area (Å²) in [6.07, 6.45) is 7.42. The van der Waals surface area contributed by atoms with Crippen LogP contribution in [0.25, 0.3) is 0 Å². The molecule has 1 fully saturated rings. The minimum absolute atomic E-state index is 0.200. The Morgan fingerprint density at radius 2 is 1.48 bits per heavy atom. The second-order valence-electron chi connectivity index (χ2n) is 8.53. The fraction of sp³-hybridized carbons (Fsp3) is 0.520. The second-order valence-corrected chi connectivity index (χ2v) is 11.0. The quantitative estimate of drug-likeness (QED) is 0.475. The molecule has 0 aromatic heterocycles. The number of rotatable bonds is 9. The molecule has 3 rings (SSSR count). The average Bonchev–Trinajstić information content (AvgIpc) is 2.74. The Balaban J connectivity index is 1.41. The van der Waals surface area contributed by atoms with Crippen LogP contribution in [0.4, 0.5) is 0 Å². The third-order valence-electron chi connectivity index (χ3n) is 6.37. The summed E-state index contributed by atoms with van der Waals surface area (Å²) in [4.78, 5) is 0. The lowest BCUT2D eigenvalue weighted by molar-refractivity contribution is 0.278. The van der Waals surface area contributed by atoms with Gasteiger partial charge in [0.2, 0.25) is 0 Å². The molecule has 1 atom stereocenters. The predicted molar refractivity (Wildman–Crippen MR) is 120 cm³/mol. The maximum Gasteiger partial charge on any atom is 0.153 e. The molecule has 1 unspecified atom stereocenters. The number of para-hydroxylation sites is 1.